The molecule has 0 aliphatic carbocycles. The maximum atomic E-state index is 12.5. The summed E-state index contributed by atoms with van der Waals surface area (Å²) in [5.41, 5.74) is 3.91. The summed E-state index contributed by atoms with van der Waals surface area (Å²) >= 11 is 0. The summed E-state index contributed by atoms with van der Waals surface area (Å²) in [5.74, 6) is 5.52. The Balaban J connectivity index is 3.11. The van der Waals surface area contributed by atoms with Crippen molar-refractivity contribution in [3.63, 3.8) is 0 Å². The van der Waals surface area contributed by atoms with Gasteiger partial charge in [-0.3, -0.25) is 0 Å². The third-order valence-electron chi connectivity index (χ3n) is 2.67. The van der Waals surface area contributed by atoms with E-state index in [1.807, 2.05) is 13.8 Å². The predicted octanol–water partition coefficient (Wildman–Crippen LogP) is 2.74. The molecular formula is C16H19NO2S. The molecule has 3 nitrogen and oxygen atoms in total. The molecule has 1 aromatic rings. The van der Waals surface area contributed by atoms with Crippen LogP contribution in [0.3, 0.4) is 0 Å². The monoisotopic (exact) mass is 289 g/mol. The van der Waals surface area contributed by atoms with Crippen molar-refractivity contribution >= 4 is 10.0 Å². The summed E-state index contributed by atoms with van der Waals surface area (Å²) in [5, 5.41) is 0. The Labute approximate surface area is 121 Å². The number of rotatable bonds is 5. The summed E-state index contributed by atoms with van der Waals surface area (Å²) in [6.45, 7) is 5.88. The zero-order valence-corrected chi connectivity index (χ0v) is 12.9. The topological polar surface area (TPSA) is 37.4 Å². The molecule has 20 heavy (non-hydrogen) atoms. The Hall–Kier alpha value is -1.79. The first kappa shape index (κ1) is 16.3. The molecule has 0 N–H and O–H groups in total. The lowest BCUT2D eigenvalue weighted by Crippen LogP contribution is -2.31. The Morgan fingerprint density at radius 2 is 1.90 bits per heavy atom. The molecule has 1 rings (SSSR count). The van der Waals surface area contributed by atoms with Gasteiger partial charge >= 0.3 is 0 Å². The van der Waals surface area contributed by atoms with Gasteiger partial charge in [-0.15, -0.1) is 11.7 Å². The molecule has 0 saturated carbocycles. The molecular weight excluding hydrogens is 270 g/mol. The summed E-state index contributed by atoms with van der Waals surface area (Å²) in [6, 6.07) is 6.82. The van der Waals surface area contributed by atoms with Gasteiger partial charge in [-0.2, -0.15) is 4.31 Å². The summed E-state index contributed by atoms with van der Waals surface area (Å²) in [4.78, 5) is 0.287. The van der Waals surface area contributed by atoms with Crippen LogP contribution in [-0.2, 0) is 10.0 Å². The highest BCUT2D eigenvalue weighted by Crippen LogP contribution is 2.16. The minimum atomic E-state index is -3.52. The molecule has 1 aromatic carbocycles. The Bertz CT molecular complexity index is 655. The lowest BCUT2D eigenvalue weighted by Gasteiger charge is -2.18. The molecule has 0 aliphatic heterocycles. The van der Waals surface area contributed by atoms with Crippen molar-refractivity contribution in [2.24, 2.45) is 0 Å². The average Bonchev–Trinajstić information content (AvgIpc) is 2.43. The lowest BCUT2D eigenvalue weighted by atomic mass is 10.2. The first-order chi connectivity index (χ1) is 9.52. The second-order valence-electron chi connectivity index (χ2n) is 4.20. The van der Waals surface area contributed by atoms with E-state index in [0.717, 1.165) is 5.56 Å². The van der Waals surface area contributed by atoms with Crippen molar-refractivity contribution < 1.29 is 8.42 Å². The van der Waals surface area contributed by atoms with Gasteiger partial charge in [-0.25, -0.2) is 8.42 Å². The maximum Gasteiger partial charge on any atom is 0.244 e. The second-order valence-corrected chi connectivity index (χ2v) is 6.13. The third kappa shape index (κ3) is 4.40. The molecule has 4 heteroatoms. The van der Waals surface area contributed by atoms with E-state index in [1.54, 1.807) is 43.3 Å². The SMILES string of the molecule is CC#CCN(CC=C=CC)S(=O)(=O)c1ccc(C)cc1. The van der Waals surface area contributed by atoms with Crippen LogP contribution in [0.2, 0.25) is 0 Å². The summed E-state index contributed by atoms with van der Waals surface area (Å²) in [6.07, 6.45) is 3.42. The van der Waals surface area contributed by atoms with Crippen molar-refractivity contribution in [3.05, 3.63) is 47.7 Å². The van der Waals surface area contributed by atoms with E-state index in [9.17, 15) is 8.42 Å². The molecule has 0 amide bonds. The number of sulfonamides is 1. The first-order valence-electron chi connectivity index (χ1n) is 6.34. The molecule has 0 unspecified atom stereocenters. The summed E-state index contributed by atoms with van der Waals surface area (Å²) < 4.78 is 26.4. The highest BCUT2D eigenvalue weighted by atomic mass is 32.2. The van der Waals surface area contributed by atoms with Gasteiger partial charge in [0.1, 0.15) is 0 Å². The van der Waals surface area contributed by atoms with Crippen molar-refractivity contribution in [1.82, 2.24) is 4.31 Å². The smallest absolute Gasteiger partial charge is 0.207 e. The van der Waals surface area contributed by atoms with Gasteiger partial charge in [0.05, 0.1) is 11.4 Å². The van der Waals surface area contributed by atoms with Crippen LogP contribution in [0.15, 0.2) is 47.0 Å². The van der Waals surface area contributed by atoms with Crippen LogP contribution >= 0.6 is 0 Å². The van der Waals surface area contributed by atoms with E-state index < -0.39 is 10.0 Å². The fourth-order valence-electron chi connectivity index (χ4n) is 1.55. The minimum absolute atomic E-state index is 0.175. The molecule has 0 aromatic heterocycles. The predicted molar refractivity (Wildman–Crippen MR) is 81.7 cm³/mol. The van der Waals surface area contributed by atoms with Crippen molar-refractivity contribution in [1.29, 1.82) is 0 Å². The normalized spacial score (nSPS) is 10.4. The van der Waals surface area contributed by atoms with Crippen LogP contribution < -0.4 is 0 Å². The van der Waals surface area contributed by atoms with E-state index in [4.69, 9.17) is 0 Å². The number of hydrogen-bond acceptors (Lipinski definition) is 2. The van der Waals surface area contributed by atoms with E-state index in [0.29, 0.717) is 0 Å². The van der Waals surface area contributed by atoms with Crippen LogP contribution in [0.5, 0.6) is 0 Å². The van der Waals surface area contributed by atoms with E-state index in [2.05, 4.69) is 17.6 Å². The number of nitrogens with zero attached hydrogens (tertiary/aromatic N) is 1. The number of aryl methyl sites for hydroxylation is 1. The molecule has 0 fully saturated rings. The molecule has 0 spiro atoms. The van der Waals surface area contributed by atoms with Gasteiger partial charge in [0, 0.05) is 6.54 Å². The van der Waals surface area contributed by atoms with Gasteiger partial charge in [0.2, 0.25) is 10.0 Å². The zero-order valence-electron chi connectivity index (χ0n) is 12.1. The van der Waals surface area contributed by atoms with Crippen molar-refractivity contribution in [2.45, 2.75) is 25.7 Å². The van der Waals surface area contributed by atoms with Gasteiger partial charge < -0.3 is 0 Å². The maximum absolute atomic E-state index is 12.5. The van der Waals surface area contributed by atoms with Gasteiger partial charge in [0.15, 0.2) is 0 Å². The van der Waals surface area contributed by atoms with Crippen LogP contribution in [-0.4, -0.2) is 25.8 Å². The zero-order chi connectivity index (χ0) is 15.0. The first-order valence-corrected chi connectivity index (χ1v) is 7.78. The van der Waals surface area contributed by atoms with E-state index in [1.165, 1.54) is 4.31 Å². The van der Waals surface area contributed by atoms with Crippen LogP contribution in [0.25, 0.3) is 0 Å². The third-order valence-corrected chi connectivity index (χ3v) is 4.50. The molecule has 0 radical (unpaired) electrons. The van der Waals surface area contributed by atoms with Crippen LogP contribution in [0.4, 0.5) is 0 Å². The van der Waals surface area contributed by atoms with E-state index in [-0.39, 0.29) is 18.0 Å². The minimum Gasteiger partial charge on any atom is -0.207 e. The number of hydrogen-bond donors (Lipinski definition) is 0. The van der Waals surface area contributed by atoms with Gasteiger partial charge in [-0.05, 0) is 45.1 Å². The van der Waals surface area contributed by atoms with Gasteiger partial charge in [-0.1, -0.05) is 23.6 Å². The van der Waals surface area contributed by atoms with Crippen LogP contribution in [0.1, 0.15) is 19.4 Å². The van der Waals surface area contributed by atoms with Crippen molar-refractivity contribution in [3.8, 4) is 11.8 Å². The second kappa shape index (κ2) is 7.72. The van der Waals surface area contributed by atoms with Crippen molar-refractivity contribution in [2.75, 3.05) is 13.1 Å². The Morgan fingerprint density at radius 1 is 1.25 bits per heavy atom. The lowest BCUT2D eigenvalue weighted by molar-refractivity contribution is 0.478. The fourth-order valence-corrected chi connectivity index (χ4v) is 2.83. The number of benzene rings is 1. The molecule has 0 bridgehead atoms. The fraction of sp³-hybridized carbons (Fsp3) is 0.312. The highest BCUT2D eigenvalue weighted by molar-refractivity contribution is 7.89. The molecule has 0 aliphatic rings. The van der Waals surface area contributed by atoms with Crippen LogP contribution in [0, 0.1) is 18.8 Å². The Kier molecular flexibility index (Phi) is 6.27. The average molecular weight is 289 g/mol. The molecule has 0 heterocycles. The molecule has 0 saturated heterocycles. The Morgan fingerprint density at radius 3 is 2.45 bits per heavy atom. The molecule has 106 valence electrons. The molecule has 0 atom stereocenters. The highest BCUT2D eigenvalue weighted by Gasteiger charge is 2.22. The quantitative estimate of drug-likeness (QED) is 0.617. The summed E-state index contributed by atoms with van der Waals surface area (Å²) in [7, 11) is -3.52. The standard InChI is InChI=1S/C16H19NO2S/c1-4-6-8-14-17(13-7-5-2)20(18,19)16-11-9-15(3)10-12-16/h4,8-12H,13-14H2,1-3H3. The van der Waals surface area contributed by atoms with E-state index >= 15 is 0 Å². The largest absolute Gasteiger partial charge is 0.244 e. The van der Waals surface area contributed by atoms with Gasteiger partial charge in [0.25, 0.3) is 0 Å².